The SMILES string of the molecule is Nc1ccc(-c2cn(-n3cnnc3)nn2)cc1[N+](=O)[O-]. The maximum atomic E-state index is 10.9. The highest BCUT2D eigenvalue weighted by atomic mass is 16.6. The summed E-state index contributed by atoms with van der Waals surface area (Å²) in [6, 6.07) is 4.46. The molecule has 0 unspecified atom stereocenters. The number of hydrogen-bond acceptors (Lipinski definition) is 7. The van der Waals surface area contributed by atoms with Crippen molar-refractivity contribution in [2.24, 2.45) is 0 Å². The van der Waals surface area contributed by atoms with Crippen LogP contribution in [0, 0.1) is 10.1 Å². The summed E-state index contributed by atoms with van der Waals surface area (Å²) in [5.41, 5.74) is 6.50. The van der Waals surface area contributed by atoms with E-state index in [4.69, 9.17) is 5.73 Å². The van der Waals surface area contributed by atoms with Crippen molar-refractivity contribution >= 4 is 11.4 Å². The predicted octanol–water partition coefficient (Wildman–Crippen LogP) is 0.338. The van der Waals surface area contributed by atoms with Crippen molar-refractivity contribution in [3.05, 3.63) is 47.2 Å². The molecular weight excluding hydrogens is 264 g/mol. The van der Waals surface area contributed by atoms with Gasteiger partial charge in [-0.3, -0.25) is 10.1 Å². The van der Waals surface area contributed by atoms with E-state index in [1.54, 1.807) is 12.3 Å². The lowest BCUT2D eigenvalue weighted by Crippen LogP contribution is -2.06. The van der Waals surface area contributed by atoms with Crippen molar-refractivity contribution in [2.75, 3.05) is 5.73 Å². The molecule has 0 aliphatic heterocycles. The highest BCUT2D eigenvalue weighted by Gasteiger charge is 2.14. The number of nitrogens with two attached hydrogens (primary N) is 1. The smallest absolute Gasteiger partial charge is 0.292 e. The lowest BCUT2D eigenvalue weighted by Gasteiger charge is -1.99. The number of aromatic nitrogens is 6. The van der Waals surface area contributed by atoms with E-state index in [-0.39, 0.29) is 11.4 Å². The van der Waals surface area contributed by atoms with Crippen molar-refractivity contribution in [1.82, 2.24) is 30.0 Å². The summed E-state index contributed by atoms with van der Waals surface area (Å²) in [4.78, 5) is 11.7. The lowest BCUT2D eigenvalue weighted by molar-refractivity contribution is -0.383. The highest BCUT2D eigenvalue weighted by molar-refractivity contribution is 5.69. The first-order valence-corrected chi connectivity index (χ1v) is 5.47. The van der Waals surface area contributed by atoms with Crippen LogP contribution < -0.4 is 5.73 Å². The molecule has 3 aromatic rings. The van der Waals surface area contributed by atoms with Gasteiger partial charge in [-0.05, 0) is 11.3 Å². The molecule has 0 aliphatic carbocycles. The van der Waals surface area contributed by atoms with Crippen molar-refractivity contribution in [3.8, 4) is 11.3 Å². The lowest BCUT2D eigenvalue weighted by atomic mass is 10.1. The van der Waals surface area contributed by atoms with Gasteiger partial charge in [0.1, 0.15) is 24.0 Å². The Bertz CT molecular complexity index is 763. The van der Waals surface area contributed by atoms with Crippen LogP contribution in [0.2, 0.25) is 0 Å². The van der Waals surface area contributed by atoms with E-state index in [9.17, 15) is 10.1 Å². The summed E-state index contributed by atoms with van der Waals surface area (Å²) in [6.45, 7) is 0. The Morgan fingerprint density at radius 2 is 2.00 bits per heavy atom. The standard InChI is InChI=1S/C10H8N8O2/c11-8-2-1-7(3-10(8)18(19)20)9-4-17(15-14-9)16-5-12-13-6-16/h1-6H,11H2. The molecule has 0 bridgehead atoms. The van der Waals surface area contributed by atoms with Crippen LogP contribution in [-0.4, -0.2) is 34.9 Å². The van der Waals surface area contributed by atoms with Crippen LogP contribution in [-0.2, 0) is 0 Å². The average Bonchev–Trinajstić information content (AvgIpc) is 3.09. The number of rotatable bonds is 3. The fourth-order valence-electron chi connectivity index (χ4n) is 1.66. The molecule has 0 radical (unpaired) electrons. The van der Waals surface area contributed by atoms with Gasteiger partial charge in [-0.15, -0.1) is 15.3 Å². The summed E-state index contributed by atoms with van der Waals surface area (Å²) < 4.78 is 1.50. The van der Waals surface area contributed by atoms with Crippen molar-refractivity contribution in [3.63, 3.8) is 0 Å². The Hall–Kier alpha value is -3.30. The normalized spacial score (nSPS) is 10.6. The van der Waals surface area contributed by atoms with Crippen LogP contribution in [0.4, 0.5) is 11.4 Å². The topological polar surface area (TPSA) is 131 Å². The number of nitrogen functional groups attached to an aromatic ring is 1. The second kappa shape index (κ2) is 4.42. The number of nitro benzene ring substituents is 1. The van der Waals surface area contributed by atoms with E-state index in [0.29, 0.717) is 11.3 Å². The summed E-state index contributed by atoms with van der Waals surface area (Å²) >= 11 is 0. The van der Waals surface area contributed by atoms with Gasteiger partial charge in [0.05, 0.1) is 11.1 Å². The van der Waals surface area contributed by atoms with E-state index < -0.39 is 4.92 Å². The second-order valence-corrected chi connectivity index (χ2v) is 3.90. The molecule has 2 aromatic heterocycles. The van der Waals surface area contributed by atoms with Gasteiger partial charge in [0, 0.05) is 11.6 Å². The minimum atomic E-state index is -0.539. The largest absolute Gasteiger partial charge is 0.393 e. The van der Waals surface area contributed by atoms with Crippen LogP contribution in [0.5, 0.6) is 0 Å². The van der Waals surface area contributed by atoms with Crippen LogP contribution in [0.15, 0.2) is 37.1 Å². The number of nitro groups is 1. The number of hydrogen-bond donors (Lipinski definition) is 1. The first kappa shape index (κ1) is 11.8. The fraction of sp³-hybridized carbons (Fsp3) is 0. The molecule has 2 N–H and O–H groups in total. The molecule has 0 aliphatic rings. The third-order valence-corrected chi connectivity index (χ3v) is 2.65. The first-order valence-electron chi connectivity index (χ1n) is 5.47. The Morgan fingerprint density at radius 3 is 2.70 bits per heavy atom. The van der Waals surface area contributed by atoms with Crippen molar-refractivity contribution in [2.45, 2.75) is 0 Å². The van der Waals surface area contributed by atoms with Gasteiger partial charge in [-0.25, -0.2) is 4.68 Å². The van der Waals surface area contributed by atoms with Gasteiger partial charge in [0.25, 0.3) is 5.69 Å². The molecule has 0 amide bonds. The van der Waals surface area contributed by atoms with Crippen LogP contribution in [0.3, 0.4) is 0 Å². The zero-order chi connectivity index (χ0) is 14.1. The summed E-state index contributed by atoms with van der Waals surface area (Å²) in [5.74, 6) is 0. The predicted molar refractivity (Wildman–Crippen MR) is 67.3 cm³/mol. The Balaban J connectivity index is 2.02. The zero-order valence-corrected chi connectivity index (χ0v) is 9.99. The number of nitrogens with zero attached hydrogens (tertiary/aromatic N) is 7. The number of benzene rings is 1. The van der Waals surface area contributed by atoms with E-state index in [0.717, 1.165) is 0 Å². The minimum Gasteiger partial charge on any atom is -0.393 e. The zero-order valence-electron chi connectivity index (χ0n) is 9.99. The van der Waals surface area contributed by atoms with Gasteiger partial charge in [0.15, 0.2) is 0 Å². The molecule has 3 rings (SSSR count). The van der Waals surface area contributed by atoms with Crippen molar-refractivity contribution < 1.29 is 4.92 Å². The van der Waals surface area contributed by atoms with E-state index >= 15 is 0 Å². The molecule has 2 heterocycles. The molecule has 1 aromatic carbocycles. The van der Waals surface area contributed by atoms with E-state index in [1.807, 2.05) is 0 Å². The van der Waals surface area contributed by atoms with Gasteiger partial charge >= 0.3 is 0 Å². The summed E-state index contributed by atoms with van der Waals surface area (Å²) in [6.07, 6.45) is 4.49. The summed E-state index contributed by atoms with van der Waals surface area (Å²) in [7, 11) is 0. The highest BCUT2D eigenvalue weighted by Crippen LogP contribution is 2.27. The molecule has 0 atom stereocenters. The Kier molecular flexibility index (Phi) is 2.60. The molecule has 10 heteroatoms. The fourth-order valence-corrected chi connectivity index (χ4v) is 1.66. The Labute approximate surface area is 111 Å². The van der Waals surface area contributed by atoms with Gasteiger partial charge in [0.2, 0.25) is 0 Å². The van der Waals surface area contributed by atoms with Gasteiger partial charge < -0.3 is 5.73 Å². The van der Waals surface area contributed by atoms with E-state index in [2.05, 4.69) is 20.5 Å². The summed E-state index contributed by atoms with van der Waals surface area (Å²) in [5, 5.41) is 26.0. The van der Waals surface area contributed by atoms with Gasteiger partial charge in [-0.2, -0.15) is 4.79 Å². The maximum absolute atomic E-state index is 10.9. The molecule has 0 saturated heterocycles. The Morgan fingerprint density at radius 1 is 1.25 bits per heavy atom. The first-order chi connectivity index (χ1) is 9.65. The quantitative estimate of drug-likeness (QED) is 0.413. The molecule has 20 heavy (non-hydrogen) atoms. The van der Waals surface area contributed by atoms with Gasteiger partial charge in [-0.1, -0.05) is 6.07 Å². The minimum absolute atomic E-state index is 0.102. The molecular formula is C10H8N8O2. The molecule has 10 nitrogen and oxygen atoms in total. The third-order valence-electron chi connectivity index (χ3n) is 2.65. The molecule has 0 saturated carbocycles. The van der Waals surface area contributed by atoms with E-state index in [1.165, 1.54) is 34.3 Å². The van der Waals surface area contributed by atoms with Crippen LogP contribution >= 0.6 is 0 Å². The van der Waals surface area contributed by atoms with Crippen LogP contribution in [0.1, 0.15) is 0 Å². The molecule has 100 valence electrons. The monoisotopic (exact) mass is 272 g/mol. The molecule has 0 fully saturated rings. The maximum Gasteiger partial charge on any atom is 0.292 e. The third kappa shape index (κ3) is 1.94. The van der Waals surface area contributed by atoms with Crippen molar-refractivity contribution in [1.29, 1.82) is 0 Å². The average molecular weight is 272 g/mol. The van der Waals surface area contributed by atoms with Crippen LogP contribution in [0.25, 0.3) is 11.3 Å². The second-order valence-electron chi connectivity index (χ2n) is 3.90. The number of anilines is 1. The molecule has 0 spiro atoms.